The first-order valence-corrected chi connectivity index (χ1v) is 8.47. The van der Waals surface area contributed by atoms with E-state index in [0.29, 0.717) is 16.1 Å². The van der Waals surface area contributed by atoms with Gasteiger partial charge in [-0.1, -0.05) is 53.6 Å². The molecule has 0 saturated carbocycles. The average Bonchev–Trinajstić information content (AvgIpc) is 2.60. The first kappa shape index (κ1) is 19.1. The summed E-state index contributed by atoms with van der Waals surface area (Å²) < 4.78 is 19.0. The van der Waals surface area contributed by atoms with Gasteiger partial charge in [-0.05, 0) is 31.5 Å². The van der Waals surface area contributed by atoms with Crippen molar-refractivity contribution in [3.8, 4) is 0 Å². The average molecular weight is 363 g/mol. The molecule has 1 unspecified atom stereocenters. The largest absolute Gasteiger partial charge is 0.464 e. The first-order valence-electron chi connectivity index (χ1n) is 8.09. The predicted octanol–water partition coefficient (Wildman–Crippen LogP) is 4.91. The number of rotatable bonds is 7. The van der Waals surface area contributed by atoms with Crippen LogP contribution in [-0.4, -0.2) is 24.5 Å². The Hall–Kier alpha value is -2.20. The van der Waals surface area contributed by atoms with Crippen LogP contribution in [0.25, 0.3) is 0 Å². The number of halogens is 2. The zero-order chi connectivity index (χ0) is 18.4. The van der Waals surface area contributed by atoms with Crippen LogP contribution in [0.15, 0.2) is 48.5 Å². The SMILES string of the molecule is CCOC(=O)[C@@H](F)CC(C(=O)c1ccc(C)cc1)c1ccc(Cl)cc1. The Kier molecular flexibility index (Phi) is 6.71. The third-order valence-electron chi connectivity index (χ3n) is 3.91. The highest BCUT2D eigenvalue weighted by molar-refractivity contribution is 6.30. The summed E-state index contributed by atoms with van der Waals surface area (Å²) in [6, 6.07) is 13.7. The van der Waals surface area contributed by atoms with Gasteiger partial charge in [0, 0.05) is 17.0 Å². The van der Waals surface area contributed by atoms with Crippen LogP contribution in [0.4, 0.5) is 4.39 Å². The molecule has 0 aliphatic rings. The highest BCUT2D eigenvalue weighted by Gasteiger charge is 2.30. The van der Waals surface area contributed by atoms with Gasteiger partial charge in [-0.25, -0.2) is 9.18 Å². The fraction of sp³-hybridized carbons (Fsp3) is 0.300. The minimum atomic E-state index is -1.87. The Bertz CT molecular complexity index is 726. The lowest BCUT2D eigenvalue weighted by molar-refractivity contribution is -0.149. The lowest BCUT2D eigenvalue weighted by Crippen LogP contribution is -2.25. The number of carbonyl (C=O) groups is 2. The minimum Gasteiger partial charge on any atom is -0.464 e. The maximum Gasteiger partial charge on any atom is 0.340 e. The molecule has 0 bridgehead atoms. The molecule has 2 aromatic carbocycles. The molecule has 2 aromatic rings. The highest BCUT2D eigenvalue weighted by Crippen LogP contribution is 2.28. The molecule has 0 heterocycles. The van der Waals surface area contributed by atoms with Gasteiger partial charge in [-0.15, -0.1) is 0 Å². The molecular weight excluding hydrogens is 343 g/mol. The van der Waals surface area contributed by atoms with Gasteiger partial charge >= 0.3 is 5.97 Å². The van der Waals surface area contributed by atoms with Crippen molar-refractivity contribution in [2.75, 3.05) is 6.61 Å². The number of carbonyl (C=O) groups excluding carboxylic acids is 2. The van der Waals surface area contributed by atoms with Crippen LogP contribution in [0, 0.1) is 6.92 Å². The summed E-state index contributed by atoms with van der Waals surface area (Å²) in [6.45, 7) is 3.62. The van der Waals surface area contributed by atoms with E-state index in [1.165, 1.54) is 0 Å². The number of benzene rings is 2. The van der Waals surface area contributed by atoms with Gasteiger partial charge in [-0.2, -0.15) is 0 Å². The molecule has 132 valence electrons. The molecule has 0 saturated heterocycles. The summed E-state index contributed by atoms with van der Waals surface area (Å²) in [4.78, 5) is 24.5. The summed E-state index contributed by atoms with van der Waals surface area (Å²) >= 11 is 5.89. The normalized spacial score (nSPS) is 13.1. The van der Waals surface area contributed by atoms with Crippen molar-refractivity contribution in [3.05, 3.63) is 70.2 Å². The summed E-state index contributed by atoms with van der Waals surface area (Å²) in [5, 5.41) is 0.521. The third kappa shape index (κ3) is 5.13. The third-order valence-corrected chi connectivity index (χ3v) is 4.16. The van der Waals surface area contributed by atoms with Crippen LogP contribution in [0.3, 0.4) is 0 Å². The van der Waals surface area contributed by atoms with E-state index in [4.69, 9.17) is 16.3 Å². The van der Waals surface area contributed by atoms with Crippen LogP contribution in [0.5, 0.6) is 0 Å². The van der Waals surface area contributed by atoms with E-state index >= 15 is 0 Å². The van der Waals surface area contributed by atoms with E-state index in [9.17, 15) is 14.0 Å². The van der Waals surface area contributed by atoms with Crippen molar-refractivity contribution >= 4 is 23.4 Å². The number of hydrogen-bond donors (Lipinski definition) is 0. The minimum absolute atomic E-state index is 0.0940. The lowest BCUT2D eigenvalue weighted by atomic mass is 9.86. The number of esters is 1. The predicted molar refractivity (Wildman–Crippen MR) is 95.8 cm³/mol. The van der Waals surface area contributed by atoms with Gasteiger partial charge in [0.2, 0.25) is 0 Å². The van der Waals surface area contributed by atoms with Crippen LogP contribution in [0.1, 0.15) is 40.7 Å². The molecule has 0 radical (unpaired) electrons. The molecule has 0 spiro atoms. The monoisotopic (exact) mass is 362 g/mol. The first-order chi connectivity index (χ1) is 11.9. The Labute approximate surface area is 151 Å². The molecule has 0 fully saturated rings. The number of alkyl halides is 1. The van der Waals surface area contributed by atoms with Crippen molar-refractivity contribution < 1.29 is 18.7 Å². The molecule has 0 N–H and O–H groups in total. The molecule has 0 amide bonds. The molecule has 0 aliphatic carbocycles. The van der Waals surface area contributed by atoms with E-state index < -0.39 is 18.1 Å². The molecule has 0 aromatic heterocycles. The van der Waals surface area contributed by atoms with E-state index in [0.717, 1.165) is 5.56 Å². The topological polar surface area (TPSA) is 43.4 Å². The van der Waals surface area contributed by atoms with Gasteiger partial charge < -0.3 is 4.74 Å². The van der Waals surface area contributed by atoms with Crippen molar-refractivity contribution in [2.24, 2.45) is 0 Å². The van der Waals surface area contributed by atoms with Gasteiger partial charge in [0.25, 0.3) is 0 Å². The second-order valence-corrected chi connectivity index (χ2v) is 6.23. The maximum atomic E-state index is 14.3. The van der Waals surface area contributed by atoms with Crippen molar-refractivity contribution in [3.63, 3.8) is 0 Å². The summed E-state index contributed by atoms with van der Waals surface area (Å²) in [6.07, 6.45) is -2.14. The Morgan fingerprint density at radius 1 is 1.08 bits per heavy atom. The van der Waals surface area contributed by atoms with Crippen molar-refractivity contribution in [2.45, 2.75) is 32.4 Å². The van der Waals surface area contributed by atoms with Crippen LogP contribution in [-0.2, 0) is 9.53 Å². The fourth-order valence-corrected chi connectivity index (χ4v) is 2.67. The summed E-state index contributed by atoms with van der Waals surface area (Å²) in [5.41, 5.74) is 2.11. The van der Waals surface area contributed by atoms with Crippen molar-refractivity contribution in [1.82, 2.24) is 0 Å². The number of ether oxygens (including phenoxy) is 1. The fourth-order valence-electron chi connectivity index (χ4n) is 2.54. The summed E-state index contributed by atoms with van der Waals surface area (Å²) in [5.74, 6) is -1.98. The Morgan fingerprint density at radius 3 is 2.24 bits per heavy atom. The van der Waals surface area contributed by atoms with Crippen LogP contribution >= 0.6 is 11.6 Å². The van der Waals surface area contributed by atoms with E-state index in [2.05, 4.69) is 0 Å². The van der Waals surface area contributed by atoms with Gasteiger partial charge in [0.05, 0.1) is 12.5 Å². The molecule has 2 rings (SSSR count). The molecule has 3 nitrogen and oxygen atoms in total. The Morgan fingerprint density at radius 2 is 1.68 bits per heavy atom. The zero-order valence-corrected chi connectivity index (χ0v) is 14.9. The Balaban J connectivity index is 2.31. The molecule has 2 atom stereocenters. The lowest BCUT2D eigenvalue weighted by Gasteiger charge is -2.18. The smallest absolute Gasteiger partial charge is 0.340 e. The second-order valence-electron chi connectivity index (χ2n) is 5.79. The number of Topliss-reactive ketones (excluding diaryl/α,β-unsaturated/α-hetero) is 1. The maximum absolute atomic E-state index is 14.3. The molecule has 0 aliphatic heterocycles. The molecule has 25 heavy (non-hydrogen) atoms. The highest BCUT2D eigenvalue weighted by atomic mass is 35.5. The van der Waals surface area contributed by atoms with E-state index in [-0.39, 0.29) is 18.8 Å². The van der Waals surface area contributed by atoms with Gasteiger partial charge in [0.1, 0.15) is 0 Å². The summed E-state index contributed by atoms with van der Waals surface area (Å²) in [7, 11) is 0. The standard InChI is InChI=1S/C20H20ClFO3/c1-3-25-20(24)18(22)12-17(14-8-10-16(21)11-9-14)19(23)15-6-4-13(2)5-7-15/h4-11,17-18H,3,12H2,1-2H3/t17?,18-/m0/s1. The quantitative estimate of drug-likeness (QED) is 0.519. The van der Waals surface area contributed by atoms with E-state index in [1.54, 1.807) is 43.3 Å². The van der Waals surface area contributed by atoms with Gasteiger partial charge in [0.15, 0.2) is 12.0 Å². The molecular formula is C20H20ClFO3. The number of hydrogen-bond acceptors (Lipinski definition) is 3. The van der Waals surface area contributed by atoms with Crippen LogP contribution < -0.4 is 0 Å². The number of aryl methyl sites for hydroxylation is 1. The van der Waals surface area contributed by atoms with E-state index in [1.807, 2.05) is 19.1 Å². The van der Waals surface area contributed by atoms with Gasteiger partial charge in [-0.3, -0.25) is 4.79 Å². The van der Waals surface area contributed by atoms with Crippen molar-refractivity contribution in [1.29, 1.82) is 0 Å². The zero-order valence-electron chi connectivity index (χ0n) is 14.2. The number of ketones is 1. The van der Waals surface area contributed by atoms with Crippen LogP contribution in [0.2, 0.25) is 5.02 Å². The molecule has 5 heteroatoms. The second kappa shape index (κ2) is 8.77.